The second-order valence-corrected chi connectivity index (χ2v) is 5.13. The van der Waals surface area contributed by atoms with Crippen LogP contribution in [0.25, 0.3) is 0 Å². The predicted octanol–water partition coefficient (Wildman–Crippen LogP) is 1.03. The first-order valence-electron chi connectivity index (χ1n) is 7.25. The van der Waals surface area contributed by atoms with Crippen LogP contribution in [0.1, 0.15) is 38.1 Å². The van der Waals surface area contributed by atoms with E-state index in [1.54, 1.807) is 0 Å². The van der Waals surface area contributed by atoms with E-state index in [1.165, 1.54) is 0 Å². The molecule has 1 atom stereocenters. The van der Waals surface area contributed by atoms with Gasteiger partial charge in [0.25, 0.3) is 0 Å². The summed E-state index contributed by atoms with van der Waals surface area (Å²) in [5, 5.41) is 2.90. The van der Waals surface area contributed by atoms with Crippen LogP contribution >= 0.6 is 0 Å². The van der Waals surface area contributed by atoms with E-state index in [1.807, 2.05) is 13.8 Å². The molecule has 1 amide bonds. The number of aromatic nitrogens is 2. The van der Waals surface area contributed by atoms with E-state index in [9.17, 15) is 4.79 Å². The first-order chi connectivity index (χ1) is 9.58. The number of carbonyl (C=O) groups is 1. The highest BCUT2D eigenvalue weighted by molar-refractivity contribution is 5.86. The van der Waals surface area contributed by atoms with Crippen molar-refractivity contribution < 1.29 is 4.79 Å². The Morgan fingerprint density at radius 2 is 2.15 bits per heavy atom. The van der Waals surface area contributed by atoms with Gasteiger partial charge in [-0.3, -0.25) is 4.79 Å². The normalized spacial score (nSPS) is 19.1. The quantitative estimate of drug-likeness (QED) is 0.859. The van der Waals surface area contributed by atoms with Crippen molar-refractivity contribution in [1.82, 2.24) is 15.3 Å². The van der Waals surface area contributed by atoms with Crippen molar-refractivity contribution in [2.75, 3.05) is 23.7 Å². The molecule has 1 aromatic rings. The molecular weight excluding hydrogens is 254 g/mol. The minimum absolute atomic E-state index is 0.0624. The molecular formula is C14H23N5O. The summed E-state index contributed by atoms with van der Waals surface area (Å²) in [4.78, 5) is 23.0. The van der Waals surface area contributed by atoms with Crippen LogP contribution in [0.15, 0.2) is 0 Å². The van der Waals surface area contributed by atoms with Gasteiger partial charge in [0.1, 0.15) is 23.5 Å². The summed E-state index contributed by atoms with van der Waals surface area (Å²) in [6, 6.07) is -0.175. The molecule has 1 aromatic heterocycles. The number of carbonyl (C=O) groups excluding carboxylic acids is 1. The number of amides is 1. The molecule has 1 saturated heterocycles. The summed E-state index contributed by atoms with van der Waals surface area (Å²) in [7, 11) is 0. The molecule has 6 nitrogen and oxygen atoms in total. The van der Waals surface area contributed by atoms with E-state index in [0.29, 0.717) is 12.4 Å². The van der Waals surface area contributed by atoms with Crippen LogP contribution < -0.4 is 16.0 Å². The fourth-order valence-corrected chi connectivity index (χ4v) is 2.56. The van der Waals surface area contributed by atoms with Gasteiger partial charge in [-0.15, -0.1) is 0 Å². The van der Waals surface area contributed by atoms with Crippen molar-refractivity contribution in [2.45, 2.75) is 46.1 Å². The highest BCUT2D eigenvalue weighted by atomic mass is 16.2. The summed E-state index contributed by atoms with van der Waals surface area (Å²) in [5.41, 5.74) is 6.86. The molecule has 0 aliphatic carbocycles. The van der Waals surface area contributed by atoms with Gasteiger partial charge in [0.15, 0.2) is 0 Å². The standard InChI is InChI=1S/C14H23N5O/c1-4-6-11-17-12(15)9(3)13(18-11)19-8-7-16-14(20)10(19)5-2/h10H,4-8H2,1-3H3,(H,16,20)(H2,15,17,18). The number of piperazine rings is 1. The zero-order valence-corrected chi connectivity index (χ0v) is 12.4. The van der Waals surface area contributed by atoms with Crippen LogP contribution in [0.4, 0.5) is 11.6 Å². The second-order valence-electron chi connectivity index (χ2n) is 5.13. The Labute approximate surface area is 119 Å². The molecule has 2 heterocycles. The molecule has 1 unspecified atom stereocenters. The summed E-state index contributed by atoms with van der Waals surface area (Å²) >= 11 is 0. The Balaban J connectivity index is 2.41. The number of nitrogens with two attached hydrogens (primary N) is 1. The third-order valence-corrected chi connectivity index (χ3v) is 3.67. The number of aryl methyl sites for hydroxylation is 1. The molecule has 1 aliphatic heterocycles. The Hall–Kier alpha value is -1.85. The van der Waals surface area contributed by atoms with E-state index in [0.717, 1.165) is 43.0 Å². The van der Waals surface area contributed by atoms with Gasteiger partial charge in [-0.2, -0.15) is 0 Å². The van der Waals surface area contributed by atoms with Gasteiger partial charge < -0.3 is 16.0 Å². The lowest BCUT2D eigenvalue weighted by Crippen LogP contribution is -2.55. The van der Waals surface area contributed by atoms with Crippen LogP contribution in [0.3, 0.4) is 0 Å². The van der Waals surface area contributed by atoms with Gasteiger partial charge in [-0.25, -0.2) is 9.97 Å². The van der Waals surface area contributed by atoms with Crippen LogP contribution in [0, 0.1) is 6.92 Å². The first-order valence-corrected chi connectivity index (χ1v) is 7.25. The van der Waals surface area contributed by atoms with Gasteiger partial charge in [-0.1, -0.05) is 13.8 Å². The Kier molecular flexibility index (Phi) is 4.42. The summed E-state index contributed by atoms with van der Waals surface area (Å²) in [5.74, 6) is 2.14. The summed E-state index contributed by atoms with van der Waals surface area (Å²) < 4.78 is 0. The first kappa shape index (κ1) is 14.6. The van der Waals surface area contributed by atoms with Gasteiger partial charge in [-0.05, 0) is 19.8 Å². The lowest BCUT2D eigenvalue weighted by molar-refractivity contribution is -0.123. The van der Waals surface area contributed by atoms with Crippen molar-refractivity contribution in [2.24, 2.45) is 0 Å². The molecule has 0 aromatic carbocycles. The number of nitrogens with one attached hydrogen (secondary N) is 1. The highest BCUT2D eigenvalue weighted by Crippen LogP contribution is 2.25. The van der Waals surface area contributed by atoms with Crippen molar-refractivity contribution in [3.63, 3.8) is 0 Å². The maximum absolute atomic E-state index is 12.0. The number of nitrogen functional groups attached to an aromatic ring is 1. The van der Waals surface area contributed by atoms with Crippen LogP contribution in [-0.2, 0) is 11.2 Å². The van der Waals surface area contributed by atoms with Crippen LogP contribution in [0.2, 0.25) is 0 Å². The number of nitrogens with zero attached hydrogens (tertiary/aromatic N) is 3. The molecule has 110 valence electrons. The maximum Gasteiger partial charge on any atom is 0.242 e. The van der Waals surface area contributed by atoms with Crippen molar-refractivity contribution in [3.8, 4) is 0 Å². The van der Waals surface area contributed by atoms with Gasteiger partial charge >= 0.3 is 0 Å². The van der Waals surface area contributed by atoms with E-state index < -0.39 is 0 Å². The second kappa shape index (κ2) is 6.07. The summed E-state index contributed by atoms with van der Waals surface area (Å²) in [6.07, 6.45) is 2.52. The molecule has 20 heavy (non-hydrogen) atoms. The minimum Gasteiger partial charge on any atom is -0.383 e. The Morgan fingerprint density at radius 3 is 2.80 bits per heavy atom. The topological polar surface area (TPSA) is 84.1 Å². The fourth-order valence-electron chi connectivity index (χ4n) is 2.56. The number of anilines is 2. The smallest absolute Gasteiger partial charge is 0.242 e. The number of rotatable bonds is 4. The molecule has 0 saturated carbocycles. The van der Waals surface area contributed by atoms with E-state index in [-0.39, 0.29) is 11.9 Å². The molecule has 0 radical (unpaired) electrons. The van der Waals surface area contributed by atoms with Gasteiger partial charge in [0.05, 0.1) is 0 Å². The lowest BCUT2D eigenvalue weighted by Gasteiger charge is -2.36. The molecule has 2 rings (SSSR count). The maximum atomic E-state index is 12.0. The third-order valence-electron chi connectivity index (χ3n) is 3.67. The fraction of sp³-hybridized carbons (Fsp3) is 0.643. The number of hydrogen-bond acceptors (Lipinski definition) is 5. The van der Waals surface area contributed by atoms with E-state index in [4.69, 9.17) is 5.73 Å². The molecule has 1 fully saturated rings. The lowest BCUT2D eigenvalue weighted by atomic mass is 10.1. The van der Waals surface area contributed by atoms with E-state index in [2.05, 4.69) is 27.1 Å². The molecule has 3 N–H and O–H groups in total. The van der Waals surface area contributed by atoms with Crippen molar-refractivity contribution in [3.05, 3.63) is 11.4 Å². The van der Waals surface area contributed by atoms with E-state index >= 15 is 0 Å². The predicted molar refractivity (Wildman–Crippen MR) is 79.6 cm³/mol. The SMILES string of the molecule is CCCc1nc(N)c(C)c(N2CCNC(=O)C2CC)n1. The van der Waals surface area contributed by atoms with Gasteiger partial charge in [0.2, 0.25) is 5.91 Å². The average molecular weight is 277 g/mol. The minimum atomic E-state index is -0.175. The van der Waals surface area contributed by atoms with Crippen molar-refractivity contribution >= 4 is 17.5 Å². The molecule has 6 heteroatoms. The number of hydrogen-bond donors (Lipinski definition) is 2. The average Bonchev–Trinajstić information content (AvgIpc) is 2.42. The molecule has 1 aliphatic rings. The van der Waals surface area contributed by atoms with Crippen LogP contribution in [0.5, 0.6) is 0 Å². The summed E-state index contributed by atoms with van der Waals surface area (Å²) in [6.45, 7) is 7.41. The Bertz CT molecular complexity index is 503. The highest BCUT2D eigenvalue weighted by Gasteiger charge is 2.30. The largest absolute Gasteiger partial charge is 0.383 e. The van der Waals surface area contributed by atoms with Crippen LogP contribution in [-0.4, -0.2) is 35.0 Å². The monoisotopic (exact) mass is 277 g/mol. The Morgan fingerprint density at radius 1 is 1.40 bits per heavy atom. The molecule has 0 spiro atoms. The molecule has 0 bridgehead atoms. The zero-order chi connectivity index (χ0) is 14.7. The van der Waals surface area contributed by atoms with Crippen molar-refractivity contribution in [1.29, 1.82) is 0 Å². The third kappa shape index (κ3) is 2.69. The van der Waals surface area contributed by atoms with Gasteiger partial charge in [0, 0.05) is 25.1 Å². The zero-order valence-electron chi connectivity index (χ0n) is 12.4.